The van der Waals surface area contributed by atoms with E-state index >= 15 is 0 Å². The van der Waals surface area contributed by atoms with Crippen LogP contribution in [-0.2, 0) is 16.9 Å². The van der Waals surface area contributed by atoms with Gasteiger partial charge in [0.15, 0.2) is 16.9 Å². The molecule has 4 heterocycles. The summed E-state index contributed by atoms with van der Waals surface area (Å²) in [5, 5.41) is 4.87. The van der Waals surface area contributed by atoms with Crippen molar-refractivity contribution in [3.8, 4) is 5.75 Å². The highest BCUT2D eigenvalue weighted by Crippen LogP contribution is 2.34. The second-order valence-electron chi connectivity index (χ2n) is 7.97. The van der Waals surface area contributed by atoms with Gasteiger partial charge >= 0.3 is 6.03 Å². The van der Waals surface area contributed by atoms with Gasteiger partial charge in [-0.1, -0.05) is 13.0 Å². The van der Waals surface area contributed by atoms with Crippen molar-refractivity contribution in [1.29, 1.82) is 0 Å². The van der Waals surface area contributed by atoms with E-state index in [1.165, 1.54) is 18.1 Å². The van der Waals surface area contributed by atoms with E-state index < -0.39 is 17.5 Å². The normalized spacial score (nSPS) is 19.6. The number of Topliss-reactive ketones (excluding diaryl/α,β-unsaturated/α-hetero) is 1. The number of hydrogen-bond acceptors (Lipinski definition) is 7. The number of hydrogen-bond donors (Lipinski definition) is 2. The zero-order valence-electron chi connectivity index (χ0n) is 17.9. The van der Waals surface area contributed by atoms with E-state index in [9.17, 15) is 19.2 Å². The number of pyridine rings is 1. The molecule has 5 rings (SSSR count). The molecule has 2 aliphatic rings. The summed E-state index contributed by atoms with van der Waals surface area (Å²) < 4.78 is 11.1. The highest BCUT2D eigenvalue weighted by atomic mass is 16.5. The first kappa shape index (κ1) is 20.7. The molecular formula is C23H20N4O6. The Morgan fingerprint density at radius 2 is 2.03 bits per heavy atom. The van der Waals surface area contributed by atoms with Crippen LogP contribution in [0.5, 0.6) is 5.75 Å². The third-order valence-corrected chi connectivity index (χ3v) is 5.97. The Balaban J connectivity index is 1.54. The SMILES string of the molecule is CCC(=O)c1ccc2oc(C3(CN4Cc5ccc(OC)cc5C4=O)NC(=O)NC3=O)cc2n1. The fraction of sp³-hybridized carbons (Fsp3) is 0.261. The Bertz CT molecular complexity index is 1350. The number of urea groups is 1. The Kier molecular flexibility index (Phi) is 4.66. The molecule has 0 radical (unpaired) electrons. The molecule has 2 aliphatic heterocycles. The predicted molar refractivity (Wildman–Crippen MR) is 115 cm³/mol. The van der Waals surface area contributed by atoms with E-state index in [2.05, 4.69) is 15.6 Å². The summed E-state index contributed by atoms with van der Waals surface area (Å²) in [7, 11) is 1.52. The van der Waals surface area contributed by atoms with Gasteiger partial charge in [0, 0.05) is 24.6 Å². The van der Waals surface area contributed by atoms with Gasteiger partial charge < -0.3 is 19.4 Å². The van der Waals surface area contributed by atoms with E-state index in [0.717, 1.165) is 5.56 Å². The number of nitrogens with one attached hydrogen (secondary N) is 2. The number of aromatic nitrogens is 1. The van der Waals surface area contributed by atoms with Gasteiger partial charge in [0.05, 0.1) is 13.7 Å². The highest BCUT2D eigenvalue weighted by molar-refractivity contribution is 6.08. The Morgan fingerprint density at radius 3 is 2.73 bits per heavy atom. The quantitative estimate of drug-likeness (QED) is 0.436. The molecule has 0 spiro atoms. The molecule has 0 saturated carbocycles. The fourth-order valence-corrected chi connectivity index (χ4v) is 4.21. The van der Waals surface area contributed by atoms with Crippen LogP contribution in [0.25, 0.3) is 11.1 Å². The minimum Gasteiger partial charge on any atom is -0.497 e. The summed E-state index contributed by atoms with van der Waals surface area (Å²) in [6.45, 7) is 1.85. The van der Waals surface area contributed by atoms with Crippen LogP contribution in [0.4, 0.5) is 4.79 Å². The minimum atomic E-state index is -1.64. The molecular weight excluding hydrogens is 428 g/mol. The van der Waals surface area contributed by atoms with E-state index in [1.54, 1.807) is 37.3 Å². The number of nitrogens with zero attached hydrogens (tertiary/aromatic N) is 2. The number of imide groups is 1. The van der Waals surface area contributed by atoms with Crippen molar-refractivity contribution in [2.45, 2.75) is 25.4 Å². The summed E-state index contributed by atoms with van der Waals surface area (Å²) in [5.41, 5.74) is 0.627. The molecule has 2 aromatic heterocycles. The third kappa shape index (κ3) is 3.22. The molecule has 1 unspecified atom stereocenters. The van der Waals surface area contributed by atoms with Crippen molar-refractivity contribution in [1.82, 2.24) is 20.5 Å². The van der Waals surface area contributed by atoms with Gasteiger partial charge in [0.25, 0.3) is 11.8 Å². The van der Waals surface area contributed by atoms with Gasteiger partial charge in [-0.3, -0.25) is 19.7 Å². The lowest BCUT2D eigenvalue weighted by atomic mass is 9.95. The maximum Gasteiger partial charge on any atom is 0.322 e. The molecule has 168 valence electrons. The molecule has 10 heteroatoms. The second-order valence-corrected chi connectivity index (χ2v) is 7.97. The molecule has 1 aromatic carbocycles. The molecule has 4 amide bonds. The van der Waals surface area contributed by atoms with E-state index in [0.29, 0.717) is 28.8 Å². The topological polar surface area (TPSA) is 131 Å². The standard InChI is InChI=1S/C23H20N4O6/c1-3-17(28)15-6-7-18-16(24-15)9-19(33-18)23(21(30)25-22(31)26-23)11-27-10-12-4-5-13(32-2)8-14(12)20(27)29/h4-9H,3,10-11H2,1-2H3,(H2,25,26,30,31). The maximum atomic E-state index is 13.1. The first-order chi connectivity index (χ1) is 15.8. The van der Waals surface area contributed by atoms with Crippen molar-refractivity contribution < 1.29 is 28.3 Å². The fourth-order valence-electron chi connectivity index (χ4n) is 4.21. The third-order valence-electron chi connectivity index (χ3n) is 5.97. The predicted octanol–water partition coefficient (Wildman–Crippen LogP) is 2.12. The van der Waals surface area contributed by atoms with Gasteiger partial charge in [0.1, 0.15) is 22.7 Å². The molecule has 0 aliphatic carbocycles. The lowest BCUT2D eigenvalue weighted by Crippen LogP contribution is -2.52. The number of fused-ring (bicyclic) bond motifs is 2. The number of ketones is 1. The van der Waals surface area contributed by atoms with Crippen molar-refractivity contribution in [2.75, 3.05) is 13.7 Å². The number of rotatable bonds is 6. The average Bonchev–Trinajstić information content (AvgIpc) is 3.46. The van der Waals surface area contributed by atoms with Gasteiger partial charge in [-0.25, -0.2) is 9.78 Å². The Morgan fingerprint density at radius 1 is 1.21 bits per heavy atom. The minimum absolute atomic E-state index is 0.121. The molecule has 2 N–H and O–H groups in total. The number of furan rings is 1. The number of ether oxygens (including phenoxy) is 1. The van der Waals surface area contributed by atoms with Crippen LogP contribution in [0.1, 0.15) is 45.5 Å². The van der Waals surface area contributed by atoms with Crippen LogP contribution in [0.15, 0.2) is 40.8 Å². The zero-order chi connectivity index (χ0) is 23.3. The van der Waals surface area contributed by atoms with E-state index in [-0.39, 0.29) is 36.2 Å². The smallest absolute Gasteiger partial charge is 0.322 e. The molecule has 1 atom stereocenters. The highest BCUT2D eigenvalue weighted by Gasteiger charge is 2.53. The van der Waals surface area contributed by atoms with Crippen LogP contribution >= 0.6 is 0 Å². The van der Waals surface area contributed by atoms with E-state index in [1.807, 2.05) is 0 Å². The summed E-state index contributed by atoms with van der Waals surface area (Å²) in [4.78, 5) is 56.0. The van der Waals surface area contributed by atoms with Gasteiger partial charge in [-0.2, -0.15) is 0 Å². The Labute approximate surface area is 187 Å². The zero-order valence-corrected chi connectivity index (χ0v) is 17.9. The summed E-state index contributed by atoms with van der Waals surface area (Å²) in [6.07, 6.45) is 0.300. The molecule has 0 bridgehead atoms. The van der Waals surface area contributed by atoms with Crippen molar-refractivity contribution in [3.05, 3.63) is 59.0 Å². The number of carbonyl (C=O) groups is 4. The Hall–Kier alpha value is -4.21. The van der Waals surface area contributed by atoms with Crippen LogP contribution in [0.3, 0.4) is 0 Å². The first-order valence-electron chi connectivity index (χ1n) is 10.4. The summed E-state index contributed by atoms with van der Waals surface area (Å²) in [5.74, 6) is -0.390. The van der Waals surface area contributed by atoms with Gasteiger partial charge in [-0.05, 0) is 29.8 Å². The van der Waals surface area contributed by atoms with Crippen LogP contribution < -0.4 is 15.4 Å². The lowest BCUT2D eigenvalue weighted by Gasteiger charge is -2.28. The van der Waals surface area contributed by atoms with Crippen molar-refractivity contribution in [3.63, 3.8) is 0 Å². The molecule has 1 saturated heterocycles. The van der Waals surface area contributed by atoms with Gasteiger partial charge in [-0.15, -0.1) is 0 Å². The van der Waals surface area contributed by atoms with Crippen molar-refractivity contribution >= 4 is 34.7 Å². The number of amides is 4. The van der Waals surface area contributed by atoms with Gasteiger partial charge in [0.2, 0.25) is 0 Å². The molecule has 1 fully saturated rings. The second kappa shape index (κ2) is 7.44. The van der Waals surface area contributed by atoms with Crippen LogP contribution in [0.2, 0.25) is 0 Å². The molecule has 10 nitrogen and oxygen atoms in total. The van der Waals surface area contributed by atoms with Crippen molar-refractivity contribution in [2.24, 2.45) is 0 Å². The van der Waals surface area contributed by atoms with E-state index in [4.69, 9.17) is 9.15 Å². The molecule has 33 heavy (non-hydrogen) atoms. The average molecular weight is 448 g/mol. The summed E-state index contributed by atoms with van der Waals surface area (Å²) in [6, 6.07) is 9.17. The largest absolute Gasteiger partial charge is 0.497 e. The number of benzene rings is 1. The first-order valence-corrected chi connectivity index (χ1v) is 10.4. The number of methoxy groups -OCH3 is 1. The van der Waals surface area contributed by atoms with Crippen LogP contribution in [0, 0.1) is 0 Å². The number of carbonyl (C=O) groups excluding carboxylic acids is 4. The van der Waals surface area contributed by atoms with Crippen LogP contribution in [-0.4, -0.2) is 47.2 Å². The lowest BCUT2D eigenvalue weighted by molar-refractivity contribution is -0.125. The monoisotopic (exact) mass is 448 g/mol. The summed E-state index contributed by atoms with van der Waals surface area (Å²) >= 11 is 0. The molecule has 3 aromatic rings. The maximum absolute atomic E-state index is 13.1.